The summed E-state index contributed by atoms with van der Waals surface area (Å²) in [6.07, 6.45) is 1.36. The molecule has 4 aliphatic rings. The Morgan fingerprint density at radius 3 is 2.22 bits per heavy atom. The third-order valence-electron chi connectivity index (χ3n) is 4.55. The molecule has 0 saturated carbocycles. The molecule has 2 bridgehead atoms. The lowest BCUT2D eigenvalue weighted by Gasteiger charge is -2.61. The van der Waals surface area contributed by atoms with Crippen LogP contribution in [-0.4, -0.2) is 49.3 Å². The van der Waals surface area contributed by atoms with Crippen molar-refractivity contribution in [3.05, 3.63) is 24.3 Å². The Labute approximate surface area is 107 Å². The fourth-order valence-electron chi connectivity index (χ4n) is 3.53. The van der Waals surface area contributed by atoms with Crippen molar-refractivity contribution in [3.63, 3.8) is 0 Å². The van der Waals surface area contributed by atoms with Gasteiger partial charge in [-0.2, -0.15) is 0 Å². The number of piperidine rings is 1. The number of anilines is 2. The lowest BCUT2D eigenvalue weighted by Crippen LogP contribution is -2.74. The van der Waals surface area contributed by atoms with Crippen LogP contribution in [0, 0.1) is 0 Å². The van der Waals surface area contributed by atoms with Gasteiger partial charge in [-0.1, -0.05) is 0 Å². The minimum atomic E-state index is 0.697. The van der Waals surface area contributed by atoms with Crippen LogP contribution in [-0.2, 0) is 4.74 Å². The first-order valence-corrected chi connectivity index (χ1v) is 6.77. The molecule has 0 spiro atoms. The molecule has 18 heavy (non-hydrogen) atoms. The van der Waals surface area contributed by atoms with E-state index in [1.165, 1.54) is 12.1 Å². The van der Waals surface area contributed by atoms with Gasteiger partial charge in [0.05, 0.1) is 19.3 Å². The molecule has 4 nitrogen and oxygen atoms in total. The summed E-state index contributed by atoms with van der Waals surface area (Å²) in [4.78, 5) is 5.17. The Hall–Kier alpha value is -1.26. The number of fused-ring (bicyclic) bond motifs is 2. The SMILES string of the molecule is Nc1ccc(N2CC3CC(C2)N3C2COC2)cc1. The third kappa shape index (κ3) is 1.52. The number of ether oxygens (including phenoxy) is 1. The first kappa shape index (κ1) is 10.6. The van der Waals surface area contributed by atoms with E-state index in [2.05, 4.69) is 21.9 Å². The summed E-state index contributed by atoms with van der Waals surface area (Å²) in [6.45, 7) is 4.18. The highest BCUT2D eigenvalue weighted by Gasteiger charge is 2.49. The van der Waals surface area contributed by atoms with Crippen molar-refractivity contribution in [3.8, 4) is 0 Å². The van der Waals surface area contributed by atoms with Crippen LogP contribution < -0.4 is 10.6 Å². The summed E-state index contributed by atoms with van der Waals surface area (Å²) in [5, 5.41) is 0. The normalized spacial score (nSPS) is 31.9. The van der Waals surface area contributed by atoms with Gasteiger partial charge in [-0.25, -0.2) is 0 Å². The zero-order chi connectivity index (χ0) is 12.1. The van der Waals surface area contributed by atoms with Crippen molar-refractivity contribution in [1.29, 1.82) is 0 Å². The Morgan fingerprint density at radius 1 is 1.00 bits per heavy atom. The largest absolute Gasteiger partial charge is 0.399 e. The fraction of sp³-hybridized carbons (Fsp3) is 0.571. The summed E-state index contributed by atoms with van der Waals surface area (Å²) in [6, 6.07) is 10.4. The molecule has 1 aromatic carbocycles. The van der Waals surface area contributed by atoms with Crippen molar-refractivity contribution >= 4 is 11.4 Å². The van der Waals surface area contributed by atoms with Crippen LogP contribution in [0.2, 0.25) is 0 Å². The van der Waals surface area contributed by atoms with Gasteiger partial charge in [0.25, 0.3) is 0 Å². The molecule has 1 aromatic rings. The quantitative estimate of drug-likeness (QED) is 0.787. The number of benzene rings is 1. The Balaban J connectivity index is 1.47. The molecule has 2 N–H and O–H groups in total. The van der Waals surface area contributed by atoms with Crippen LogP contribution in [0.25, 0.3) is 0 Å². The first-order chi connectivity index (χ1) is 8.81. The second kappa shape index (κ2) is 3.87. The number of hydrogen-bond donors (Lipinski definition) is 1. The fourth-order valence-corrected chi connectivity index (χ4v) is 3.53. The molecule has 4 aliphatic heterocycles. The second-order valence-electron chi connectivity index (χ2n) is 5.68. The minimum Gasteiger partial charge on any atom is -0.399 e. The van der Waals surface area contributed by atoms with E-state index in [4.69, 9.17) is 10.5 Å². The molecule has 0 radical (unpaired) electrons. The molecule has 4 heteroatoms. The maximum absolute atomic E-state index is 5.74. The highest BCUT2D eigenvalue weighted by Crippen LogP contribution is 2.37. The smallest absolute Gasteiger partial charge is 0.0645 e. The van der Waals surface area contributed by atoms with E-state index in [-0.39, 0.29) is 0 Å². The Morgan fingerprint density at radius 2 is 1.67 bits per heavy atom. The standard InChI is InChI=1S/C14H19N3O/c15-10-1-3-11(4-2-10)16-6-12-5-13(7-16)17(12)14-8-18-9-14/h1-4,12-14H,5-9,15H2. The Bertz CT molecular complexity index is 431. The summed E-state index contributed by atoms with van der Waals surface area (Å²) in [5.74, 6) is 0. The average molecular weight is 245 g/mol. The summed E-state index contributed by atoms with van der Waals surface area (Å²) in [5.41, 5.74) is 7.89. The van der Waals surface area contributed by atoms with Gasteiger partial charge in [0.15, 0.2) is 0 Å². The van der Waals surface area contributed by atoms with E-state index in [9.17, 15) is 0 Å². The molecule has 4 saturated heterocycles. The van der Waals surface area contributed by atoms with E-state index in [1.54, 1.807) is 0 Å². The maximum atomic E-state index is 5.74. The molecule has 5 rings (SSSR count). The van der Waals surface area contributed by atoms with Crippen LogP contribution >= 0.6 is 0 Å². The average Bonchev–Trinajstić information content (AvgIpc) is 2.34. The van der Waals surface area contributed by atoms with Gasteiger partial charge in [0, 0.05) is 36.5 Å². The number of piperazine rings is 1. The summed E-state index contributed by atoms with van der Waals surface area (Å²) >= 11 is 0. The predicted octanol–water partition coefficient (Wildman–Crippen LogP) is 0.930. The first-order valence-electron chi connectivity index (χ1n) is 6.77. The lowest BCUT2D eigenvalue weighted by molar-refractivity contribution is -0.141. The van der Waals surface area contributed by atoms with Gasteiger partial charge >= 0.3 is 0 Å². The zero-order valence-corrected chi connectivity index (χ0v) is 10.5. The molecule has 2 unspecified atom stereocenters. The molecule has 0 aliphatic carbocycles. The van der Waals surface area contributed by atoms with E-state index < -0.39 is 0 Å². The van der Waals surface area contributed by atoms with Crippen LogP contribution in [0.15, 0.2) is 24.3 Å². The van der Waals surface area contributed by atoms with Crippen molar-refractivity contribution < 1.29 is 4.74 Å². The third-order valence-corrected chi connectivity index (χ3v) is 4.55. The number of nitrogens with zero attached hydrogens (tertiary/aromatic N) is 2. The van der Waals surface area contributed by atoms with Crippen LogP contribution in [0.1, 0.15) is 6.42 Å². The predicted molar refractivity (Wildman–Crippen MR) is 71.7 cm³/mol. The molecular weight excluding hydrogens is 226 g/mol. The summed E-state index contributed by atoms with van der Waals surface area (Å²) in [7, 11) is 0. The van der Waals surface area contributed by atoms with Crippen molar-refractivity contribution in [2.75, 3.05) is 36.9 Å². The minimum absolute atomic E-state index is 0.697. The van der Waals surface area contributed by atoms with Gasteiger partial charge in [-0.3, -0.25) is 4.90 Å². The highest BCUT2D eigenvalue weighted by molar-refractivity contribution is 5.54. The van der Waals surface area contributed by atoms with Gasteiger partial charge < -0.3 is 15.4 Å². The number of nitrogens with two attached hydrogens (primary N) is 1. The molecule has 4 heterocycles. The molecule has 2 atom stereocenters. The van der Waals surface area contributed by atoms with Crippen molar-refractivity contribution in [2.45, 2.75) is 24.5 Å². The summed E-state index contributed by atoms with van der Waals surface area (Å²) < 4.78 is 5.31. The van der Waals surface area contributed by atoms with Gasteiger partial charge in [-0.05, 0) is 30.7 Å². The van der Waals surface area contributed by atoms with Crippen molar-refractivity contribution in [1.82, 2.24) is 4.90 Å². The maximum Gasteiger partial charge on any atom is 0.0645 e. The highest BCUT2D eigenvalue weighted by atomic mass is 16.5. The molecule has 4 fully saturated rings. The molecule has 0 amide bonds. The van der Waals surface area contributed by atoms with Gasteiger partial charge in [0.2, 0.25) is 0 Å². The van der Waals surface area contributed by atoms with Crippen LogP contribution in [0.4, 0.5) is 11.4 Å². The Kier molecular flexibility index (Phi) is 2.29. The lowest BCUT2D eigenvalue weighted by atomic mass is 9.84. The van der Waals surface area contributed by atoms with E-state index in [0.717, 1.165) is 44.1 Å². The molecular formula is C14H19N3O. The van der Waals surface area contributed by atoms with E-state index in [0.29, 0.717) is 6.04 Å². The van der Waals surface area contributed by atoms with E-state index in [1.807, 2.05) is 12.1 Å². The van der Waals surface area contributed by atoms with Crippen LogP contribution in [0.5, 0.6) is 0 Å². The second-order valence-corrected chi connectivity index (χ2v) is 5.68. The van der Waals surface area contributed by atoms with Gasteiger partial charge in [-0.15, -0.1) is 0 Å². The number of rotatable bonds is 2. The monoisotopic (exact) mass is 245 g/mol. The molecule has 0 aromatic heterocycles. The number of hydrogen-bond acceptors (Lipinski definition) is 4. The zero-order valence-electron chi connectivity index (χ0n) is 10.5. The topological polar surface area (TPSA) is 41.7 Å². The van der Waals surface area contributed by atoms with E-state index >= 15 is 0 Å². The molecule has 96 valence electrons. The number of nitrogen functional groups attached to an aromatic ring is 1. The van der Waals surface area contributed by atoms with Crippen molar-refractivity contribution in [2.24, 2.45) is 0 Å². The van der Waals surface area contributed by atoms with Gasteiger partial charge in [0.1, 0.15) is 0 Å². The van der Waals surface area contributed by atoms with Crippen LogP contribution in [0.3, 0.4) is 0 Å².